The predicted molar refractivity (Wildman–Crippen MR) is 108 cm³/mol. The Morgan fingerprint density at radius 2 is 2.00 bits per heavy atom. The summed E-state index contributed by atoms with van der Waals surface area (Å²) in [5.41, 5.74) is 2.35. The highest BCUT2D eigenvalue weighted by atomic mass is 16.5. The molecule has 0 spiro atoms. The lowest BCUT2D eigenvalue weighted by molar-refractivity contribution is -0.138. The van der Waals surface area contributed by atoms with Gasteiger partial charge in [0.25, 0.3) is 0 Å². The van der Waals surface area contributed by atoms with Crippen LogP contribution >= 0.6 is 0 Å². The molecule has 1 aromatic rings. The van der Waals surface area contributed by atoms with E-state index in [1.54, 1.807) is 11.9 Å². The van der Waals surface area contributed by atoms with Gasteiger partial charge in [-0.05, 0) is 26.0 Å². The number of rotatable bonds is 10. The standard InChI is InChI=1S/C21H33N3O4/c1-4-9-24(12-18-7-5-17(2)6-8-18)20(25)15-23-10-11-28-19(14-23)13-22(3)16-21(26)27/h5-8,19H,4,9-16H2,1-3H3,(H,26,27). The van der Waals surface area contributed by atoms with Gasteiger partial charge in [0.15, 0.2) is 0 Å². The maximum atomic E-state index is 12.9. The number of hydrogen-bond acceptors (Lipinski definition) is 5. The van der Waals surface area contributed by atoms with Crippen molar-refractivity contribution in [1.29, 1.82) is 0 Å². The molecular formula is C21H33N3O4. The third kappa shape index (κ3) is 7.58. The number of amides is 1. The first-order valence-electron chi connectivity index (χ1n) is 9.95. The normalized spacial score (nSPS) is 17.6. The summed E-state index contributed by atoms with van der Waals surface area (Å²) in [6.07, 6.45) is 0.839. The number of carbonyl (C=O) groups is 2. The van der Waals surface area contributed by atoms with Gasteiger partial charge in [-0.2, -0.15) is 0 Å². The van der Waals surface area contributed by atoms with Crippen molar-refractivity contribution in [2.45, 2.75) is 32.9 Å². The summed E-state index contributed by atoms with van der Waals surface area (Å²) in [5, 5.41) is 8.89. The second-order valence-electron chi connectivity index (χ2n) is 7.62. The van der Waals surface area contributed by atoms with Gasteiger partial charge in [0.05, 0.1) is 25.8 Å². The van der Waals surface area contributed by atoms with E-state index in [2.05, 4.69) is 43.0 Å². The van der Waals surface area contributed by atoms with Crippen LogP contribution in [0, 0.1) is 6.92 Å². The molecule has 1 aromatic carbocycles. The zero-order chi connectivity index (χ0) is 20.5. The highest BCUT2D eigenvalue weighted by Gasteiger charge is 2.25. The number of aryl methyl sites for hydroxylation is 1. The fourth-order valence-electron chi connectivity index (χ4n) is 3.44. The first-order valence-corrected chi connectivity index (χ1v) is 9.95. The van der Waals surface area contributed by atoms with Crippen molar-refractivity contribution in [3.63, 3.8) is 0 Å². The van der Waals surface area contributed by atoms with Gasteiger partial charge in [0, 0.05) is 32.7 Å². The SMILES string of the molecule is CCCN(Cc1ccc(C)cc1)C(=O)CN1CCOC(CN(C)CC(=O)O)C1. The molecule has 1 aliphatic rings. The van der Waals surface area contributed by atoms with Crippen molar-refractivity contribution in [2.75, 3.05) is 52.9 Å². The van der Waals surface area contributed by atoms with Gasteiger partial charge < -0.3 is 14.7 Å². The topological polar surface area (TPSA) is 73.3 Å². The molecule has 1 fully saturated rings. The van der Waals surface area contributed by atoms with Crippen LogP contribution < -0.4 is 0 Å². The molecule has 0 saturated carbocycles. The number of likely N-dealkylation sites (N-methyl/N-ethyl adjacent to an activating group) is 1. The van der Waals surface area contributed by atoms with Crippen LogP contribution in [0.4, 0.5) is 0 Å². The third-order valence-electron chi connectivity index (χ3n) is 4.84. The van der Waals surface area contributed by atoms with Crippen molar-refractivity contribution in [2.24, 2.45) is 0 Å². The minimum atomic E-state index is -0.850. The van der Waals surface area contributed by atoms with Crippen molar-refractivity contribution in [3.8, 4) is 0 Å². The summed E-state index contributed by atoms with van der Waals surface area (Å²) >= 11 is 0. The van der Waals surface area contributed by atoms with E-state index in [9.17, 15) is 9.59 Å². The largest absolute Gasteiger partial charge is 0.480 e. The Labute approximate surface area is 167 Å². The molecule has 0 radical (unpaired) electrons. The fraction of sp³-hybridized carbons (Fsp3) is 0.619. The Bertz CT molecular complexity index is 635. The number of carboxylic acid groups (broad SMARTS) is 1. The molecule has 7 heteroatoms. The minimum absolute atomic E-state index is 0.0143. The molecule has 0 aromatic heterocycles. The average molecular weight is 392 g/mol. The first-order chi connectivity index (χ1) is 13.4. The Morgan fingerprint density at radius 3 is 2.64 bits per heavy atom. The number of nitrogens with zero attached hydrogens (tertiary/aromatic N) is 3. The molecule has 1 saturated heterocycles. The fourth-order valence-corrected chi connectivity index (χ4v) is 3.44. The van der Waals surface area contributed by atoms with Crippen LogP contribution in [0.2, 0.25) is 0 Å². The van der Waals surface area contributed by atoms with E-state index in [1.165, 1.54) is 5.56 Å². The predicted octanol–water partition coefficient (Wildman–Crippen LogP) is 1.45. The molecule has 2 rings (SSSR count). The number of benzene rings is 1. The third-order valence-corrected chi connectivity index (χ3v) is 4.84. The Morgan fingerprint density at radius 1 is 1.29 bits per heavy atom. The van der Waals surface area contributed by atoms with E-state index in [-0.39, 0.29) is 18.6 Å². The molecular weight excluding hydrogens is 358 g/mol. The van der Waals surface area contributed by atoms with Gasteiger partial charge in [-0.3, -0.25) is 19.4 Å². The second-order valence-corrected chi connectivity index (χ2v) is 7.62. The van der Waals surface area contributed by atoms with Gasteiger partial charge in [0.1, 0.15) is 0 Å². The Balaban J connectivity index is 1.88. The second kappa shape index (κ2) is 11.1. The summed E-state index contributed by atoms with van der Waals surface area (Å²) in [6.45, 7) is 8.32. The molecule has 1 unspecified atom stereocenters. The number of morpholine rings is 1. The molecule has 0 aliphatic carbocycles. The summed E-state index contributed by atoms with van der Waals surface area (Å²) in [5.74, 6) is -0.723. The van der Waals surface area contributed by atoms with Crippen LogP contribution in [0.25, 0.3) is 0 Å². The summed E-state index contributed by atoms with van der Waals surface area (Å²) in [7, 11) is 1.77. The Hall–Kier alpha value is -1.96. The summed E-state index contributed by atoms with van der Waals surface area (Å²) in [6, 6.07) is 8.30. The number of aliphatic carboxylic acids is 1. The zero-order valence-corrected chi connectivity index (χ0v) is 17.3. The average Bonchev–Trinajstić information content (AvgIpc) is 2.62. The monoisotopic (exact) mass is 391 g/mol. The molecule has 156 valence electrons. The Kier molecular flexibility index (Phi) is 8.89. The first kappa shape index (κ1) is 22.3. The highest BCUT2D eigenvalue weighted by Crippen LogP contribution is 2.11. The number of carboxylic acids is 1. The van der Waals surface area contributed by atoms with Crippen molar-refractivity contribution < 1.29 is 19.4 Å². The number of carbonyl (C=O) groups excluding carboxylic acids is 1. The minimum Gasteiger partial charge on any atom is -0.480 e. The van der Waals surface area contributed by atoms with Gasteiger partial charge >= 0.3 is 5.97 Å². The van der Waals surface area contributed by atoms with Crippen LogP contribution in [-0.2, 0) is 20.9 Å². The lowest BCUT2D eigenvalue weighted by Crippen LogP contribution is -2.50. The summed E-state index contributed by atoms with van der Waals surface area (Å²) < 4.78 is 5.76. The van der Waals surface area contributed by atoms with Crippen molar-refractivity contribution >= 4 is 11.9 Å². The van der Waals surface area contributed by atoms with Crippen molar-refractivity contribution in [1.82, 2.24) is 14.7 Å². The van der Waals surface area contributed by atoms with Gasteiger partial charge in [0.2, 0.25) is 5.91 Å². The lowest BCUT2D eigenvalue weighted by Gasteiger charge is -2.35. The van der Waals surface area contributed by atoms with Crippen LogP contribution in [-0.4, -0.2) is 90.7 Å². The molecule has 1 heterocycles. The summed E-state index contributed by atoms with van der Waals surface area (Å²) in [4.78, 5) is 29.5. The van der Waals surface area contributed by atoms with Gasteiger partial charge in [-0.15, -0.1) is 0 Å². The number of ether oxygens (including phenoxy) is 1. The molecule has 1 atom stereocenters. The van der Waals surface area contributed by atoms with E-state index in [1.807, 2.05) is 4.90 Å². The van der Waals surface area contributed by atoms with Gasteiger partial charge in [-0.1, -0.05) is 36.8 Å². The molecule has 7 nitrogen and oxygen atoms in total. The van der Waals surface area contributed by atoms with Crippen molar-refractivity contribution in [3.05, 3.63) is 35.4 Å². The van der Waals surface area contributed by atoms with Gasteiger partial charge in [-0.25, -0.2) is 0 Å². The van der Waals surface area contributed by atoms with Crippen LogP contribution in [0.5, 0.6) is 0 Å². The molecule has 0 bridgehead atoms. The van der Waals surface area contributed by atoms with Crippen LogP contribution in [0.3, 0.4) is 0 Å². The van der Waals surface area contributed by atoms with Crippen LogP contribution in [0.1, 0.15) is 24.5 Å². The molecule has 1 aliphatic heterocycles. The lowest BCUT2D eigenvalue weighted by atomic mass is 10.1. The van der Waals surface area contributed by atoms with Crippen LogP contribution in [0.15, 0.2) is 24.3 Å². The smallest absolute Gasteiger partial charge is 0.317 e. The molecule has 1 N–H and O–H groups in total. The zero-order valence-electron chi connectivity index (χ0n) is 17.3. The van der Waals surface area contributed by atoms with E-state index in [4.69, 9.17) is 9.84 Å². The molecule has 28 heavy (non-hydrogen) atoms. The highest BCUT2D eigenvalue weighted by molar-refractivity contribution is 5.78. The van der Waals surface area contributed by atoms with E-state index < -0.39 is 5.97 Å². The van der Waals surface area contributed by atoms with E-state index in [0.717, 1.165) is 25.1 Å². The van der Waals surface area contributed by atoms with E-state index >= 15 is 0 Å². The maximum absolute atomic E-state index is 12.9. The quantitative estimate of drug-likeness (QED) is 0.651. The maximum Gasteiger partial charge on any atom is 0.317 e. The van der Waals surface area contributed by atoms with E-state index in [0.29, 0.717) is 32.8 Å². The number of hydrogen-bond donors (Lipinski definition) is 1. The molecule has 1 amide bonds.